The molecule has 156 valence electrons. The second-order valence-corrected chi connectivity index (χ2v) is 8.30. The summed E-state index contributed by atoms with van der Waals surface area (Å²) in [7, 11) is 0. The average molecular weight is 396 g/mol. The minimum absolute atomic E-state index is 0.491. The highest BCUT2D eigenvalue weighted by Crippen LogP contribution is 2.24. The smallest absolute Gasteiger partial charge is 0.413 e. The lowest BCUT2D eigenvalue weighted by molar-refractivity contribution is -0.0269. The van der Waals surface area contributed by atoms with Crippen LogP contribution in [0.1, 0.15) is 56.2 Å². The minimum atomic E-state index is -0.911. The van der Waals surface area contributed by atoms with Crippen LogP contribution in [0.4, 0.5) is 10.5 Å². The molecular weight excluding hydrogens is 362 g/mol. The van der Waals surface area contributed by atoms with Crippen LogP contribution in [-0.4, -0.2) is 29.8 Å². The number of hydrogen-bond donors (Lipinski definition) is 2. The fraction of sp³-hybridized carbons (Fsp3) is 0.458. The second-order valence-electron chi connectivity index (χ2n) is 8.30. The minimum Gasteiger partial charge on any atom is -0.428 e. The molecule has 2 aromatic carbocycles. The SMILES string of the molecule is CCc1ccc(NC(=O)OC2(N)CCN(Cc3ccc(C(C)C)cc3)CC2)cc1. The van der Waals surface area contributed by atoms with Crippen LogP contribution in [0.5, 0.6) is 0 Å². The van der Waals surface area contributed by atoms with Crippen LogP contribution < -0.4 is 11.1 Å². The number of carbonyl (C=O) groups excluding carboxylic acids is 1. The molecule has 0 spiro atoms. The predicted octanol–water partition coefficient (Wildman–Crippen LogP) is 4.87. The van der Waals surface area contributed by atoms with Gasteiger partial charge in [-0.1, -0.05) is 57.2 Å². The molecular formula is C24H33N3O2. The van der Waals surface area contributed by atoms with E-state index in [0.717, 1.165) is 31.7 Å². The van der Waals surface area contributed by atoms with E-state index in [1.165, 1.54) is 16.7 Å². The number of ether oxygens (including phenoxy) is 1. The lowest BCUT2D eigenvalue weighted by Gasteiger charge is -2.38. The van der Waals surface area contributed by atoms with Gasteiger partial charge in [0.2, 0.25) is 0 Å². The van der Waals surface area contributed by atoms with Crippen LogP contribution in [0.25, 0.3) is 0 Å². The van der Waals surface area contributed by atoms with Crippen LogP contribution >= 0.6 is 0 Å². The molecule has 5 nitrogen and oxygen atoms in total. The standard InChI is InChI=1S/C24H33N3O2/c1-4-19-7-11-22(12-8-19)26-23(28)29-24(25)13-15-27(16-14-24)17-20-5-9-21(10-6-20)18(2)3/h5-12,18H,4,13-17,25H2,1-3H3,(H,26,28). The Morgan fingerprint density at radius 3 is 2.21 bits per heavy atom. The van der Waals surface area contributed by atoms with E-state index in [1.807, 2.05) is 24.3 Å². The molecule has 0 atom stereocenters. The number of likely N-dealkylation sites (tertiary alicyclic amines) is 1. The molecule has 1 amide bonds. The number of benzene rings is 2. The van der Waals surface area contributed by atoms with Gasteiger partial charge in [-0.15, -0.1) is 0 Å². The highest BCUT2D eigenvalue weighted by Gasteiger charge is 2.34. The van der Waals surface area contributed by atoms with Crippen molar-refractivity contribution in [1.82, 2.24) is 4.90 Å². The van der Waals surface area contributed by atoms with Crippen molar-refractivity contribution in [3.63, 3.8) is 0 Å². The molecule has 1 saturated heterocycles. The van der Waals surface area contributed by atoms with E-state index in [1.54, 1.807) is 0 Å². The van der Waals surface area contributed by atoms with Crippen LogP contribution in [0.15, 0.2) is 48.5 Å². The molecule has 1 heterocycles. The molecule has 3 N–H and O–H groups in total. The zero-order chi connectivity index (χ0) is 20.9. The van der Waals surface area contributed by atoms with Crippen molar-refractivity contribution in [3.05, 3.63) is 65.2 Å². The van der Waals surface area contributed by atoms with E-state index in [0.29, 0.717) is 18.8 Å². The number of anilines is 1. The van der Waals surface area contributed by atoms with Crippen molar-refractivity contribution in [2.45, 2.75) is 58.2 Å². The number of nitrogens with one attached hydrogen (secondary N) is 1. The molecule has 5 heteroatoms. The van der Waals surface area contributed by atoms with Gasteiger partial charge in [0.1, 0.15) is 0 Å². The first kappa shape index (κ1) is 21.3. The number of nitrogens with two attached hydrogens (primary N) is 1. The van der Waals surface area contributed by atoms with Crippen molar-refractivity contribution < 1.29 is 9.53 Å². The molecule has 1 aliphatic heterocycles. The number of hydrogen-bond acceptors (Lipinski definition) is 4. The van der Waals surface area contributed by atoms with E-state index in [-0.39, 0.29) is 0 Å². The van der Waals surface area contributed by atoms with E-state index < -0.39 is 11.8 Å². The van der Waals surface area contributed by atoms with Crippen LogP contribution in [0, 0.1) is 0 Å². The lowest BCUT2D eigenvalue weighted by Crippen LogP contribution is -2.53. The first-order chi connectivity index (χ1) is 13.9. The maximum Gasteiger partial charge on any atom is 0.413 e. The Labute approximate surface area is 174 Å². The summed E-state index contributed by atoms with van der Waals surface area (Å²) in [4.78, 5) is 14.6. The Balaban J connectivity index is 1.47. The zero-order valence-electron chi connectivity index (χ0n) is 17.8. The third-order valence-corrected chi connectivity index (χ3v) is 5.66. The molecule has 0 aliphatic carbocycles. The van der Waals surface area contributed by atoms with Gasteiger partial charge in [-0.25, -0.2) is 4.79 Å². The van der Waals surface area contributed by atoms with Crippen molar-refractivity contribution in [2.24, 2.45) is 5.73 Å². The quantitative estimate of drug-likeness (QED) is 0.685. The largest absolute Gasteiger partial charge is 0.428 e. The molecule has 0 saturated carbocycles. The molecule has 0 radical (unpaired) electrons. The van der Waals surface area contributed by atoms with Crippen molar-refractivity contribution in [2.75, 3.05) is 18.4 Å². The second kappa shape index (κ2) is 9.42. The maximum atomic E-state index is 12.3. The Hall–Kier alpha value is -2.37. The van der Waals surface area contributed by atoms with E-state index >= 15 is 0 Å². The van der Waals surface area contributed by atoms with Crippen molar-refractivity contribution in [3.8, 4) is 0 Å². The summed E-state index contributed by atoms with van der Waals surface area (Å²) in [5.41, 5.74) is 10.1. The summed E-state index contributed by atoms with van der Waals surface area (Å²) in [5.74, 6) is 0.546. The highest BCUT2D eigenvalue weighted by molar-refractivity contribution is 5.84. The van der Waals surface area contributed by atoms with Gasteiger partial charge >= 0.3 is 6.09 Å². The number of aryl methyl sites for hydroxylation is 1. The zero-order valence-corrected chi connectivity index (χ0v) is 17.8. The van der Waals surface area contributed by atoms with E-state index in [9.17, 15) is 4.79 Å². The van der Waals surface area contributed by atoms with E-state index in [4.69, 9.17) is 10.5 Å². The first-order valence-corrected chi connectivity index (χ1v) is 10.6. The van der Waals surface area contributed by atoms with Gasteiger partial charge in [-0.2, -0.15) is 0 Å². The lowest BCUT2D eigenvalue weighted by atomic mass is 9.99. The topological polar surface area (TPSA) is 67.6 Å². The third-order valence-electron chi connectivity index (χ3n) is 5.66. The average Bonchev–Trinajstić information content (AvgIpc) is 2.70. The maximum absolute atomic E-state index is 12.3. The van der Waals surface area contributed by atoms with Gasteiger partial charge in [0.05, 0.1) is 0 Å². The number of amides is 1. The molecule has 3 rings (SSSR count). The molecule has 0 unspecified atom stereocenters. The summed E-state index contributed by atoms with van der Waals surface area (Å²) in [6.07, 6.45) is 1.72. The Kier molecular flexibility index (Phi) is 6.93. The van der Waals surface area contributed by atoms with Crippen LogP contribution in [0.2, 0.25) is 0 Å². The van der Waals surface area contributed by atoms with Crippen molar-refractivity contribution in [1.29, 1.82) is 0 Å². The third kappa shape index (κ3) is 6.05. The molecule has 1 fully saturated rings. The van der Waals surface area contributed by atoms with Gasteiger partial charge < -0.3 is 4.74 Å². The summed E-state index contributed by atoms with van der Waals surface area (Å²) in [5, 5.41) is 2.78. The van der Waals surface area contributed by atoms with Crippen LogP contribution in [0.3, 0.4) is 0 Å². The van der Waals surface area contributed by atoms with Crippen LogP contribution in [-0.2, 0) is 17.7 Å². The van der Waals surface area contributed by atoms with E-state index in [2.05, 4.69) is 55.3 Å². The Bertz CT molecular complexity index is 792. The van der Waals surface area contributed by atoms with Gasteiger partial charge in [-0.3, -0.25) is 16.0 Å². The number of nitrogens with zero attached hydrogens (tertiary/aromatic N) is 1. The fourth-order valence-electron chi connectivity index (χ4n) is 3.61. The number of piperidine rings is 1. The molecule has 1 aliphatic rings. The van der Waals surface area contributed by atoms with Gasteiger partial charge in [0.15, 0.2) is 5.72 Å². The summed E-state index contributed by atoms with van der Waals surface area (Å²) in [6, 6.07) is 16.6. The summed E-state index contributed by atoms with van der Waals surface area (Å²) < 4.78 is 5.58. The molecule has 29 heavy (non-hydrogen) atoms. The fourth-order valence-corrected chi connectivity index (χ4v) is 3.61. The van der Waals surface area contributed by atoms with Gasteiger partial charge in [-0.05, 0) is 41.2 Å². The Morgan fingerprint density at radius 1 is 1.07 bits per heavy atom. The molecule has 0 bridgehead atoms. The predicted molar refractivity (Wildman–Crippen MR) is 118 cm³/mol. The number of rotatable bonds is 6. The first-order valence-electron chi connectivity index (χ1n) is 10.6. The number of carbonyl (C=O) groups is 1. The van der Waals surface area contributed by atoms with Gasteiger partial charge in [0, 0.05) is 38.2 Å². The van der Waals surface area contributed by atoms with Crippen molar-refractivity contribution >= 4 is 11.8 Å². The Morgan fingerprint density at radius 2 is 1.66 bits per heavy atom. The monoisotopic (exact) mass is 395 g/mol. The highest BCUT2D eigenvalue weighted by atomic mass is 16.6. The molecule has 0 aromatic heterocycles. The molecule has 2 aromatic rings. The summed E-state index contributed by atoms with van der Waals surface area (Å²) >= 11 is 0. The normalized spacial score (nSPS) is 16.6. The van der Waals surface area contributed by atoms with Gasteiger partial charge in [0.25, 0.3) is 0 Å². The summed E-state index contributed by atoms with van der Waals surface area (Å²) in [6.45, 7) is 9.02.